The molecular weight excluding hydrogens is 228 g/mol. The third kappa shape index (κ3) is 8.26. The molecule has 0 rings (SSSR count). The Hall–Kier alpha value is -1.06. The Morgan fingerprint density at radius 3 is 2.62 bits per heavy atom. The SMILES string of the molecule is CC#CCCNC(=O)C(N)CCS(C)(=O)=O. The van der Waals surface area contributed by atoms with E-state index < -0.39 is 15.9 Å². The molecule has 0 aliphatic carbocycles. The van der Waals surface area contributed by atoms with Crippen LogP contribution in [0.3, 0.4) is 0 Å². The average Bonchev–Trinajstić information content (AvgIpc) is 2.19. The van der Waals surface area contributed by atoms with E-state index in [9.17, 15) is 13.2 Å². The molecule has 6 heteroatoms. The third-order valence-electron chi connectivity index (χ3n) is 1.86. The van der Waals surface area contributed by atoms with E-state index in [1.54, 1.807) is 6.92 Å². The monoisotopic (exact) mass is 246 g/mol. The quantitative estimate of drug-likeness (QED) is 0.478. The fraction of sp³-hybridized carbons (Fsp3) is 0.700. The van der Waals surface area contributed by atoms with Crippen LogP contribution >= 0.6 is 0 Å². The van der Waals surface area contributed by atoms with Gasteiger partial charge in [-0.05, 0) is 13.3 Å². The van der Waals surface area contributed by atoms with E-state index in [1.165, 1.54) is 0 Å². The van der Waals surface area contributed by atoms with Gasteiger partial charge in [-0.3, -0.25) is 4.79 Å². The van der Waals surface area contributed by atoms with Crippen LogP contribution in [0, 0.1) is 11.8 Å². The summed E-state index contributed by atoms with van der Waals surface area (Å²) in [5.74, 6) is 5.10. The Morgan fingerprint density at radius 1 is 1.50 bits per heavy atom. The molecule has 1 unspecified atom stereocenters. The van der Waals surface area contributed by atoms with Crippen LogP contribution in [0.2, 0.25) is 0 Å². The summed E-state index contributed by atoms with van der Waals surface area (Å²) in [7, 11) is -3.06. The van der Waals surface area contributed by atoms with E-state index in [2.05, 4.69) is 17.2 Å². The number of amides is 1. The molecule has 0 saturated heterocycles. The van der Waals surface area contributed by atoms with Gasteiger partial charge >= 0.3 is 0 Å². The van der Waals surface area contributed by atoms with E-state index >= 15 is 0 Å². The second-order valence-electron chi connectivity index (χ2n) is 3.49. The van der Waals surface area contributed by atoms with Gasteiger partial charge in [0.2, 0.25) is 5.91 Å². The van der Waals surface area contributed by atoms with Crippen LogP contribution in [0.15, 0.2) is 0 Å². The number of hydrogen-bond donors (Lipinski definition) is 2. The van der Waals surface area contributed by atoms with Crippen molar-refractivity contribution >= 4 is 15.7 Å². The number of nitrogens with two attached hydrogens (primary N) is 1. The van der Waals surface area contributed by atoms with E-state index in [0.717, 1.165) is 6.26 Å². The maximum absolute atomic E-state index is 11.3. The van der Waals surface area contributed by atoms with Crippen LogP contribution in [0.5, 0.6) is 0 Å². The standard InChI is InChI=1S/C10H18N2O3S/c1-3-4-5-7-12-10(13)9(11)6-8-16(2,14)15/h9H,5-8,11H2,1-2H3,(H,12,13). The summed E-state index contributed by atoms with van der Waals surface area (Å²) < 4.78 is 21.7. The number of sulfone groups is 1. The second-order valence-corrected chi connectivity index (χ2v) is 5.75. The average molecular weight is 246 g/mol. The number of carbonyl (C=O) groups excluding carboxylic acids is 1. The summed E-state index contributed by atoms with van der Waals surface area (Å²) in [5, 5.41) is 2.59. The van der Waals surface area contributed by atoms with Crippen molar-refractivity contribution < 1.29 is 13.2 Å². The highest BCUT2D eigenvalue weighted by Gasteiger charge is 2.14. The fourth-order valence-electron chi connectivity index (χ4n) is 0.976. The largest absolute Gasteiger partial charge is 0.354 e. The molecule has 1 atom stereocenters. The molecule has 1 amide bonds. The molecule has 16 heavy (non-hydrogen) atoms. The molecule has 0 saturated carbocycles. The summed E-state index contributed by atoms with van der Waals surface area (Å²) in [4.78, 5) is 11.3. The zero-order valence-corrected chi connectivity index (χ0v) is 10.4. The molecule has 0 aromatic rings. The van der Waals surface area contributed by atoms with E-state index in [-0.39, 0.29) is 18.1 Å². The van der Waals surface area contributed by atoms with Crippen LogP contribution in [0.25, 0.3) is 0 Å². The van der Waals surface area contributed by atoms with Crippen LogP contribution in [0.4, 0.5) is 0 Å². The van der Waals surface area contributed by atoms with Crippen molar-refractivity contribution in [3.05, 3.63) is 0 Å². The highest BCUT2D eigenvalue weighted by atomic mass is 32.2. The van der Waals surface area contributed by atoms with Gasteiger partial charge in [-0.1, -0.05) is 0 Å². The first-order valence-electron chi connectivity index (χ1n) is 4.97. The first kappa shape index (κ1) is 14.9. The molecule has 0 spiro atoms. The van der Waals surface area contributed by atoms with Gasteiger partial charge in [-0.15, -0.1) is 11.8 Å². The summed E-state index contributed by atoms with van der Waals surface area (Å²) in [6, 6.07) is -0.774. The highest BCUT2D eigenvalue weighted by molar-refractivity contribution is 7.90. The topological polar surface area (TPSA) is 89.3 Å². The lowest BCUT2D eigenvalue weighted by molar-refractivity contribution is -0.122. The predicted molar refractivity (Wildman–Crippen MR) is 63.4 cm³/mol. The van der Waals surface area contributed by atoms with E-state index in [1.807, 2.05) is 0 Å². The van der Waals surface area contributed by atoms with Crippen molar-refractivity contribution in [1.29, 1.82) is 0 Å². The Bertz CT molecular complexity index is 379. The Balaban J connectivity index is 3.85. The lowest BCUT2D eigenvalue weighted by Crippen LogP contribution is -2.41. The lowest BCUT2D eigenvalue weighted by Gasteiger charge is -2.10. The Morgan fingerprint density at radius 2 is 2.12 bits per heavy atom. The number of rotatable bonds is 6. The van der Waals surface area contributed by atoms with Gasteiger partial charge in [0, 0.05) is 19.2 Å². The van der Waals surface area contributed by atoms with Gasteiger partial charge in [0.25, 0.3) is 0 Å². The summed E-state index contributed by atoms with van der Waals surface area (Å²) in [6.45, 7) is 2.16. The van der Waals surface area contributed by atoms with E-state index in [0.29, 0.717) is 13.0 Å². The first-order chi connectivity index (χ1) is 7.37. The molecule has 0 radical (unpaired) electrons. The number of carbonyl (C=O) groups is 1. The van der Waals surface area contributed by atoms with Crippen molar-refractivity contribution in [1.82, 2.24) is 5.32 Å². The van der Waals surface area contributed by atoms with Gasteiger partial charge in [-0.2, -0.15) is 0 Å². The predicted octanol–water partition coefficient (Wildman–Crippen LogP) is -0.722. The maximum Gasteiger partial charge on any atom is 0.236 e. The van der Waals surface area contributed by atoms with Crippen molar-refractivity contribution in [3.63, 3.8) is 0 Å². The maximum atomic E-state index is 11.3. The van der Waals surface area contributed by atoms with Gasteiger partial charge in [0.05, 0.1) is 11.8 Å². The second kappa shape index (κ2) is 7.25. The minimum absolute atomic E-state index is 0.0731. The van der Waals surface area contributed by atoms with Crippen LogP contribution in [-0.2, 0) is 14.6 Å². The number of hydrogen-bond acceptors (Lipinski definition) is 4. The molecule has 0 aliphatic rings. The van der Waals surface area contributed by atoms with Gasteiger partial charge in [0.1, 0.15) is 9.84 Å². The van der Waals surface area contributed by atoms with Crippen molar-refractivity contribution in [2.75, 3.05) is 18.6 Å². The third-order valence-corrected chi connectivity index (χ3v) is 2.84. The van der Waals surface area contributed by atoms with Crippen LogP contribution in [0.1, 0.15) is 19.8 Å². The van der Waals surface area contributed by atoms with Crippen molar-refractivity contribution in [2.24, 2.45) is 5.73 Å². The first-order valence-corrected chi connectivity index (χ1v) is 7.03. The minimum atomic E-state index is -3.06. The molecule has 0 aromatic carbocycles. The highest BCUT2D eigenvalue weighted by Crippen LogP contribution is 1.94. The molecule has 5 nitrogen and oxygen atoms in total. The van der Waals surface area contributed by atoms with Crippen LogP contribution in [-0.4, -0.2) is 38.9 Å². The van der Waals surface area contributed by atoms with Crippen LogP contribution < -0.4 is 11.1 Å². The normalized spacial score (nSPS) is 12.4. The smallest absolute Gasteiger partial charge is 0.236 e. The molecule has 0 fully saturated rings. The van der Waals surface area contributed by atoms with Crippen molar-refractivity contribution in [3.8, 4) is 11.8 Å². The summed E-state index contributed by atoms with van der Waals surface area (Å²) in [5.41, 5.74) is 5.53. The van der Waals surface area contributed by atoms with Gasteiger partial charge < -0.3 is 11.1 Å². The minimum Gasteiger partial charge on any atom is -0.354 e. The molecule has 0 bridgehead atoms. The lowest BCUT2D eigenvalue weighted by atomic mass is 10.2. The molecule has 92 valence electrons. The molecule has 0 aromatic heterocycles. The van der Waals surface area contributed by atoms with Gasteiger partial charge in [-0.25, -0.2) is 8.42 Å². The fourth-order valence-corrected chi connectivity index (χ4v) is 1.66. The zero-order valence-electron chi connectivity index (χ0n) is 9.62. The number of nitrogens with one attached hydrogen (secondary N) is 1. The van der Waals surface area contributed by atoms with Crippen molar-refractivity contribution in [2.45, 2.75) is 25.8 Å². The summed E-state index contributed by atoms with van der Waals surface area (Å²) in [6.07, 6.45) is 1.83. The Labute approximate surface area is 96.7 Å². The summed E-state index contributed by atoms with van der Waals surface area (Å²) >= 11 is 0. The zero-order chi connectivity index (χ0) is 12.6. The molecule has 0 aliphatic heterocycles. The molecule has 0 heterocycles. The van der Waals surface area contributed by atoms with E-state index in [4.69, 9.17) is 5.73 Å². The molecular formula is C10H18N2O3S. The Kier molecular flexibility index (Phi) is 6.77. The van der Waals surface area contributed by atoms with Gasteiger partial charge in [0.15, 0.2) is 0 Å². The molecule has 3 N–H and O–H groups in total.